The summed E-state index contributed by atoms with van der Waals surface area (Å²) in [6.45, 7) is 1.19. The maximum absolute atomic E-state index is 9.92. The van der Waals surface area contributed by atoms with Gasteiger partial charge < -0.3 is 9.47 Å². The van der Waals surface area contributed by atoms with E-state index in [9.17, 15) is 4.79 Å². The van der Waals surface area contributed by atoms with Gasteiger partial charge in [0.05, 0.1) is 6.61 Å². The molecule has 1 heterocycles. The van der Waals surface area contributed by atoms with Crippen LogP contribution in [0.5, 0.6) is 0 Å². The minimum atomic E-state index is -1.07. The van der Waals surface area contributed by atoms with Crippen molar-refractivity contribution in [2.75, 3.05) is 13.2 Å². The zero-order valence-electron chi connectivity index (χ0n) is 5.22. The first-order valence-electron chi connectivity index (χ1n) is 2.81. The van der Waals surface area contributed by atoms with Crippen LogP contribution in [0.25, 0.3) is 0 Å². The Hall–Kier alpha value is -0.610. The maximum atomic E-state index is 9.92. The molecular formula is C4H7NO3. The van der Waals surface area contributed by atoms with Crippen LogP contribution in [0, 0.1) is 0 Å². The lowest BCUT2D eigenvalue weighted by Gasteiger charge is -2.04. The summed E-state index contributed by atoms with van der Waals surface area (Å²) in [6, 6.07) is 0. The van der Waals surface area contributed by atoms with Gasteiger partial charge in [0.15, 0.2) is 1.37 Å². The quantitative estimate of drug-likeness (QED) is 0.451. The van der Waals surface area contributed by atoms with E-state index in [0.717, 1.165) is 0 Å². The van der Waals surface area contributed by atoms with Crippen molar-refractivity contribution < 1.29 is 15.6 Å². The summed E-state index contributed by atoms with van der Waals surface area (Å²) in [5, 5.41) is 2.70. The first kappa shape index (κ1) is 4.29. The SMILES string of the molecule is [2H]C(=O)OC1NCCO1. The molecule has 0 aromatic rings. The number of hydrogen-bond acceptors (Lipinski definition) is 4. The van der Waals surface area contributed by atoms with Crippen LogP contribution in [0.1, 0.15) is 1.37 Å². The predicted molar refractivity (Wildman–Crippen MR) is 24.9 cm³/mol. The van der Waals surface area contributed by atoms with Gasteiger partial charge in [0.2, 0.25) is 0 Å². The number of carbonyl (C=O) groups excluding carboxylic acids is 1. The molecule has 4 heteroatoms. The summed E-state index contributed by atoms with van der Waals surface area (Å²) < 4.78 is 15.5. The maximum Gasteiger partial charge on any atom is 0.296 e. The summed E-state index contributed by atoms with van der Waals surface area (Å²) in [5.74, 6) is 0. The van der Waals surface area contributed by atoms with Crippen LogP contribution >= 0.6 is 0 Å². The Kier molecular flexibility index (Phi) is 1.41. The van der Waals surface area contributed by atoms with Crippen molar-refractivity contribution in [1.82, 2.24) is 5.32 Å². The minimum absolute atomic E-state index is 0.526. The van der Waals surface area contributed by atoms with Gasteiger partial charge in [-0.05, 0) is 0 Å². The van der Waals surface area contributed by atoms with Gasteiger partial charge in [0.25, 0.3) is 12.9 Å². The molecule has 4 nitrogen and oxygen atoms in total. The first-order chi connectivity index (χ1) is 4.29. The molecule has 0 aromatic carbocycles. The third-order valence-corrected chi connectivity index (χ3v) is 0.837. The number of nitrogens with one attached hydrogen (secondary N) is 1. The molecule has 46 valence electrons. The molecule has 1 aliphatic heterocycles. The van der Waals surface area contributed by atoms with Crippen LogP contribution in [-0.2, 0) is 14.3 Å². The third kappa shape index (κ3) is 1.18. The van der Waals surface area contributed by atoms with E-state index in [1.807, 2.05) is 0 Å². The summed E-state index contributed by atoms with van der Waals surface area (Å²) in [7, 11) is 0. The fraction of sp³-hybridized carbons (Fsp3) is 0.750. The Bertz CT molecular complexity index is 112. The van der Waals surface area contributed by atoms with Gasteiger partial charge in [-0.2, -0.15) is 0 Å². The normalized spacial score (nSPS) is 29.5. The standard InChI is InChI=1S/C4H7NO3/c6-3-8-4-5-1-2-7-4/h3-5H,1-2H2/i3D. The molecule has 1 fully saturated rings. The molecule has 1 N–H and O–H groups in total. The molecule has 0 saturated carbocycles. The largest absolute Gasteiger partial charge is 0.424 e. The minimum Gasteiger partial charge on any atom is -0.424 e. The fourth-order valence-corrected chi connectivity index (χ4v) is 0.521. The van der Waals surface area contributed by atoms with Gasteiger partial charge in [-0.25, -0.2) is 0 Å². The Morgan fingerprint density at radius 3 is 3.50 bits per heavy atom. The zero-order valence-corrected chi connectivity index (χ0v) is 4.22. The lowest BCUT2D eigenvalue weighted by molar-refractivity contribution is -0.157. The van der Waals surface area contributed by atoms with Crippen molar-refractivity contribution >= 4 is 6.45 Å². The molecule has 1 saturated heterocycles. The molecule has 0 spiro atoms. The molecule has 1 unspecified atom stereocenters. The van der Waals surface area contributed by atoms with Crippen molar-refractivity contribution in [3.05, 3.63) is 0 Å². The van der Waals surface area contributed by atoms with E-state index in [-0.39, 0.29) is 0 Å². The van der Waals surface area contributed by atoms with E-state index in [2.05, 4.69) is 10.1 Å². The topological polar surface area (TPSA) is 47.6 Å². The molecular weight excluding hydrogens is 110 g/mol. The van der Waals surface area contributed by atoms with Gasteiger partial charge in [0.1, 0.15) is 0 Å². The average Bonchev–Trinajstić information content (AvgIpc) is 2.15. The van der Waals surface area contributed by atoms with Gasteiger partial charge >= 0.3 is 0 Å². The highest BCUT2D eigenvalue weighted by molar-refractivity contribution is 5.37. The van der Waals surface area contributed by atoms with Crippen molar-refractivity contribution in [2.24, 2.45) is 0 Å². The van der Waals surface area contributed by atoms with Crippen LogP contribution in [0.2, 0.25) is 0 Å². The number of hydrogen-bond donors (Lipinski definition) is 1. The van der Waals surface area contributed by atoms with Gasteiger partial charge in [-0.15, -0.1) is 0 Å². The molecule has 0 aliphatic carbocycles. The first-order valence-corrected chi connectivity index (χ1v) is 2.31. The molecule has 0 aromatic heterocycles. The van der Waals surface area contributed by atoms with Crippen molar-refractivity contribution in [1.29, 1.82) is 0 Å². The van der Waals surface area contributed by atoms with Crippen molar-refractivity contribution in [3.63, 3.8) is 0 Å². The van der Waals surface area contributed by atoms with E-state index in [4.69, 9.17) is 6.11 Å². The van der Waals surface area contributed by atoms with E-state index in [0.29, 0.717) is 13.2 Å². The Morgan fingerprint density at radius 2 is 3.00 bits per heavy atom. The van der Waals surface area contributed by atoms with Crippen LogP contribution in [0.3, 0.4) is 0 Å². The van der Waals surface area contributed by atoms with Crippen molar-refractivity contribution in [3.8, 4) is 0 Å². The van der Waals surface area contributed by atoms with Crippen LogP contribution in [-0.4, -0.2) is 26.0 Å². The third-order valence-electron chi connectivity index (χ3n) is 0.837. The summed E-state index contributed by atoms with van der Waals surface area (Å²) in [4.78, 5) is 9.92. The van der Waals surface area contributed by atoms with Gasteiger partial charge in [0, 0.05) is 6.54 Å². The lowest BCUT2D eigenvalue weighted by Crippen LogP contribution is -2.24. The predicted octanol–water partition coefficient (Wildman–Crippen LogP) is -0.937. The van der Waals surface area contributed by atoms with Gasteiger partial charge in [-0.1, -0.05) is 0 Å². The van der Waals surface area contributed by atoms with Gasteiger partial charge in [-0.3, -0.25) is 10.1 Å². The summed E-state index contributed by atoms with van der Waals surface area (Å²) >= 11 is 0. The Morgan fingerprint density at radius 1 is 2.12 bits per heavy atom. The summed E-state index contributed by atoms with van der Waals surface area (Å²) in [6.07, 6.45) is -1.77. The lowest BCUT2D eigenvalue weighted by atomic mass is 10.7. The monoisotopic (exact) mass is 118 g/mol. The number of ether oxygens (including phenoxy) is 2. The van der Waals surface area contributed by atoms with Crippen molar-refractivity contribution in [2.45, 2.75) is 6.41 Å². The molecule has 0 bridgehead atoms. The second kappa shape index (κ2) is 2.64. The summed E-state index contributed by atoms with van der Waals surface area (Å²) in [5.41, 5.74) is 0. The zero-order chi connectivity index (χ0) is 6.69. The number of rotatable bonds is 1. The van der Waals surface area contributed by atoms with Crippen LogP contribution in [0.4, 0.5) is 0 Å². The molecule has 1 rings (SSSR count). The second-order valence-corrected chi connectivity index (χ2v) is 1.36. The molecule has 8 heavy (non-hydrogen) atoms. The van der Waals surface area contributed by atoms with E-state index < -0.39 is 12.9 Å². The van der Waals surface area contributed by atoms with E-state index in [1.54, 1.807) is 0 Å². The van der Waals surface area contributed by atoms with Crippen LogP contribution < -0.4 is 5.32 Å². The fourth-order valence-electron chi connectivity index (χ4n) is 0.521. The highest BCUT2D eigenvalue weighted by Crippen LogP contribution is 1.93. The van der Waals surface area contributed by atoms with Crippen LogP contribution in [0.15, 0.2) is 0 Å². The highest BCUT2D eigenvalue weighted by Gasteiger charge is 2.13. The van der Waals surface area contributed by atoms with E-state index in [1.165, 1.54) is 0 Å². The molecule has 1 aliphatic rings. The Balaban J connectivity index is 2.19. The average molecular weight is 118 g/mol. The van der Waals surface area contributed by atoms with E-state index >= 15 is 0 Å². The second-order valence-electron chi connectivity index (χ2n) is 1.36. The molecule has 0 amide bonds. The Labute approximate surface area is 48.2 Å². The molecule has 0 radical (unpaired) electrons. The highest BCUT2D eigenvalue weighted by atomic mass is 16.7. The molecule has 1 atom stereocenters. The smallest absolute Gasteiger partial charge is 0.296 e. The number of carbonyl (C=O) groups is 1.